The van der Waals surface area contributed by atoms with Crippen LogP contribution in [0.3, 0.4) is 0 Å². The molecule has 0 fully saturated rings. The number of methoxy groups -OCH3 is 1. The first-order valence-corrected chi connectivity index (χ1v) is 10.8. The van der Waals surface area contributed by atoms with Crippen molar-refractivity contribution in [2.24, 2.45) is 0 Å². The minimum atomic E-state index is -0.625. The Morgan fingerprint density at radius 2 is 1.69 bits per heavy atom. The number of hydrogen-bond donors (Lipinski definition) is 0. The molecule has 5 nitrogen and oxygen atoms in total. The van der Waals surface area contributed by atoms with Crippen LogP contribution in [0.15, 0.2) is 77.3 Å². The fourth-order valence-corrected chi connectivity index (χ4v) is 3.64. The Morgan fingerprint density at radius 3 is 2.38 bits per heavy atom. The van der Waals surface area contributed by atoms with Crippen LogP contribution in [0.2, 0.25) is 5.02 Å². The first-order chi connectivity index (χ1) is 15.4. The number of fused-ring (bicyclic) bond motifs is 1. The van der Waals surface area contributed by atoms with E-state index in [1.165, 1.54) is 0 Å². The maximum absolute atomic E-state index is 13.0. The topological polar surface area (TPSA) is 65.5 Å². The van der Waals surface area contributed by atoms with Crippen LogP contribution in [0.4, 0.5) is 0 Å². The largest absolute Gasteiger partial charge is 0.497 e. The van der Waals surface area contributed by atoms with Gasteiger partial charge in [-0.3, -0.25) is 4.79 Å². The first kappa shape index (κ1) is 22.0. The van der Waals surface area contributed by atoms with E-state index in [-0.39, 0.29) is 18.0 Å². The zero-order chi connectivity index (χ0) is 22.7. The van der Waals surface area contributed by atoms with Gasteiger partial charge in [0.2, 0.25) is 0 Å². The molecule has 32 heavy (non-hydrogen) atoms. The Hall–Kier alpha value is -3.22. The third-order valence-electron chi connectivity index (χ3n) is 4.88. The van der Waals surface area contributed by atoms with Gasteiger partial charge in [-0.2, -0.15) is 0 Å². The van der Waals surface area contributed by atoms with E-state index in [1.807, 2.05) is 24.3 Å². The van der Waals surface area contributed by atoms with Gasteiger partial charge in [-0.05, 0) is 60.7 Å². The number of pyridine rings is 1. The first-order valence-electron chi connectivity index (χ1n) is 9.65. The molecule has 0 aliphatic heterocycles. The molecule has 0 aliphatic carbocycles. The fourth-order valence-electron chi connectivity index (χ4n) is 3.20. The number of esters is 1. The molecular formula is C25H17BrClNO4. The van der Waals surface area contributed by atoms with E-state index >= 15 is 0 Å². The summed E-state index contributed by atoms with van der Waals surface area (Å²) in [4.78, 5) is 30.0. The Morgan fingerprint density at radius 1 is 0.969 bits per heavy atom. The van der Waals surface area contributed by atoms with Gasteiger partial charge in [0.25, 0.3) is 0 Å². The van der Waals surface area contributed by atoms with E-state index in [4.69, 9.17) is 21.1 Å². The number of ketones is 1. The Kier molecular flexibility index (Phi) is 6.53. The minimum Gasteiger partial charge on any atom is -0.497 e. The lowest BCUT2D eigenvalue weighted by molar-refractivity contribution is 0.0476. The van der Waals surface area contributed by atoms with Crippen LogP contribution in [0.1, 0.15) is 20.7 Å². The molecule has 0 atom stereocenters. The molecule has 3 aromatic carbocycles. The molecule has 0 saturated carbocycles. The van der Waals surface area contributed by atoms with E-state index in [0.717, 1.165) is 10.0 Å². The fraction of sp³-hybridized carbons (Fsp3) is 0.0800. The van der Waals surface area contributed by atoms with Crippen molar-refractivity contribution in [3.05, 3.63) is 93.4 Å². The molecular weight excluding hydrogens is 494 g/mol. The summed E-state index contributed by atoms with van der Waals surface area (Å²) in [6, 6.07) is 21.0. The number of rotatable bonds is 6. The highest BCUT2D eigenvalue weighted by atomic mass is 79.9. The number of hydrogen-bond acceptors (Lipinski definition) is 5. The maximum Gasteiger partial charge on any atom is 0.339 e. The summed E-state index contributed by atoms with van der Waals surface area (Å²) in [7, 11) is 1.59. The molecule has 0 bridgehead atoms. The number of nitrogens with zero attached hydrogens (tertiary/aromatic N) is 1. The second-order valence-corrected chi connectivity index (χ2v) is 8.30. The third kappa shape index (κ3) is 4.82. The zero-order valence-electron chi connectivity index (χ0n) is 17.0. The highest BCUT2D eigenvalue weighted by molar-refractivity contribution is 9.10. The number of benzene rings is 3. The minimum absolute atomic E-state index is 0.284. The summed E-state index contributed by atoms with van der Waals surface area (Å²) >= 11 is 9.48. The SMILES string of the molecule is COc1ccc(-c2cc(C(=O)OCC(=O)c3ccc(Br)cc3)c3cc(Cl)ccc3n2)cc1. The normalized spacial score (nSPS) is 10.7. The lowest BCUT2D eigenvalue weighted by atomic mass is 10.0. The van der Waals surface area contributed by atoms with E-state index in [1.54, 1.807) is 55.6 Å². The predicted molar refractivity (Wildman–Crippen MR) is 127 cm³/mol. The lowest BCUT2D eigenvalue weighted by Crippen LogP contribution is -2.15. The molecule has 0 spiro atoms. The Labute approximate surface area is 198 Å². The Balaban J connectivity index is 1.66. The molecule has 0 amide bonds. The van der Waals surface area contributed by atoms with E-state index in [9.17, 15) is 9.59 Å². The molecule has 4 rings (SSSR count). The van der Waals surface area contributed by atoms with E-state index < -0.39 is 5.97 Å². The molecule has 0 unspecified atom stereocenters. The van der Waals surface area contributed by atoms with E-state index in [0.29, 0.717) is 32.9 Å². The van der Waals surface area contributed by atoms with Gasteiger partial charge in [-0.1, -0.05) is 39.7 Å². The van der Waals surface area contributed by atoms with Gasteiger partial charge in [0, 0.05) is 26.0 Å². The predicted octanol–water partition coefficient (Wildman–Crippen LogP) is 6.37. The highest BCUT2D eigenvalue weighted by Crippen LogP contribution is 2.28. The molecule has 1 aromatic heterocycles. The summed E-state index contributed by atoms with van der Waals surface area (Å²) in [6.07, 6.45) is 0. The molecule has 7 heteroatoms. The van der Waals surface area contributed by atoms with Crippen molar-refractivity contribution in [2.75, 3.05) is 13.7 Å². The summed E-state index contributed by atoms with van der Waals surface area (Å²) in [5.74, 6) is -0.204. The monoisotopic (exact) mass is 509 g/mol. The van der Waals surface area contributed by atoms with Crippen molar-refractivity contribution in [1.82, 2.24) is 4.98 Å². The van der Waals surface area contributed by atoms with Crippen LogP contribution in [-0.2, 0) is 4.74 Å². The second kappa shape index (κ2) is 9.51. The van der Waals surface area contributed by atoms with Crippen molar-refractivity contribution in [3.63, 3.8) is 0 Å². The van der Waals surface area contributed by atoms with Crippen LogP contribution in [0, 0.1) is 0 Å². The summed E-state index contributed by atoms with van der Waals surface area (Å²) < 4.78 is 11.4. The standard InChI is InChI=1S/C25H17BrClNO4/c1-31-19-9-4-15(5-10-19)23-13-21(20-12-18(27)8-11-22(20)28-23)25(30)32-14-24(29)16-2-6-17(26)7-3-16/h2-13H,14H2,1H3. The molecule has 160 valence electrons. The number of carbonyl (C=O) groups excluding carboxylic acids is 2. The van der Waals surface area contributed by atoms with Gasteiger partial charge >= 0.3 is 5.97 Å². The molecule has 0 radical (unpaired) electrons. The summed E-state index contributed by atoms with van der Waals surface area (Å²) in [6.45, 7) is -0.372. The van der Waals surface area contributed by atoms with Crippen molar-refractivity contribution >= 4 is 50.2 Å². The quantitative estimate of drug-likeness (QED) is 0.223. The smallest absolute Gasteiger partial charge is 0.339 e. The average Bonchev–Trinajstić information content (AvgIpc) is 2.82. The van der Waals surface area contributed by atoms with Gasteiger partial charge in [0.1, 0.15) is 5.75 Å². The van der Waals surface area contributed by atoms with Gasteiger partial charge in [0.15, 0.2) is 12.4 Å². The number of ether oxygens (including phenoxy) is 2. The van der Waals surface area contributed by atoms with Crippen LogP contribution in [-0.4, -0.2) is 30.5 Å². The lowest BCUT2D eigenvalue weighted by Gasteiger charge is -2.11. The van der Waals surface area contributed by atoms with Gasteiger partial charge in [-0.25, -0.2) is 9.78 Å². The molecule has 1 heterocycles. The van der Waals surface area contributed by atoms with Crippen molar-refractivity contribution < 1.29 is 19.1 Å². The van der Waals surface area contributed by atoms with Crippen LogP contribution in [0.25, 0.3) is 22.2 Å². The van der Waals surface area contributed by atoms with Crippen LogP contribution >= 0.6 is 27.5 Å². The molecule has 0 N–H and O–H groups in total. The van der Waals surface area contributed by atoms with Crippen molar-refractivity contribution in [2.45, 2.75) is 0 Å². The number of halogens is 2. The number of aromatic nitrogens is 1. The molecule has 0 aliphatic rings. The highest BCUT2D eigenvalue weighted by Gasteiger charge is 2.18. The summed E-state index contributed by atoms with van der Waals surface area (Å²) in [5.41, 5.74) is 2.74. The second-order valence-electron chi connectivity index (χ2n) is 6.95. The van der Waals surface area contributed by atoms with Crippen molar-refractivity contribution in [3.8, 4) is 17.0 Å². The molecule has 0 saturated heterocycles. The Bertz CT molecular complexity index is 1300. The van der Waals surface area contributed by atoms with Crippen molar-refractivity contribution in [1.29, 1.82) is 0 Å². The average molecular weight is 511 g/mol. The van der Waals surface area contributed by atoms with Crippen LogP contribution in [0.5, 0.6) is 5.75 Å². The number of Topliss-reactive ketones (excluding diaryl/α,β-unsaturated/α-hetero) is 1. The van der Waals surface area contributed by atoms with E-state index in [2.05, 4.69) is 20.9 Å². The van der Waals surface area contributed by atoms with Gasteiger partial charge in [-0.15, -0.1) is 0 Å². The van der Waals surface area contributed by atoms with Crippen LogP contribution < -0.4 is 4.74 Å². The van der Waals surface area contributed by atoms with Gasteiger partial charge < -0.3 is 9.47 Å². The van der Waals surface area contributed by atoms with Gasteiger partial charge in [0.05, 0.1) is 23.9 Å². The number of carbonyl (C=O) groups is 2. The summed E-state index contributed by atoms with van der Waals surface area (Å²) in [5, 5.41) is 1.02. The zero-order valence-corrected chi connectivity index (χ0v) is 19.3. The third-order valence-corrected chi connectivity index (χ3v) is 5.64. The maximum atomic E-state index is 13.0. The molecule has 4 aromatic rings.